The van der Waals surface area contributed by atoms with E-state index < -0.39 is 15.9 Å². The number of amides is 3. The predicted molar refractivity (Wildman–Crippen MR) is 115 cm³/mol. The van der Waals surface area contributed by atoms with Gasteiger partial charge in [0.05, 0.1) is 18.1 Å². The van der Waals surface area contributed by atoms with Crippen molar-refractivity contribution in [2.24, 2.45) is 5.92 Å². The molecular formula is C22H30N2O5S. The zero-order chi connectivity index (χ0) is 21.6. The van der Waals surface area contributed by atoms with Crippen LogP contribution in [0.2, 0.25) is 0 Å². The maximum Gasteiger partial charge on any atom is 0.324 e. The van der Waals surface area contributed by atoms with E-state index in [0.29, 0.717) is 18.9 Å². The van der Waals surface area contributed by atoms with Crippen LogP contribution in [-0.4, -0.2) is 56.5 Å². The van der Waals surface area contributed by atoms with E-state index in [1.807, 2.05) is 31.2 Å². The lowest BCUT2D eigenvalue weighted by atomic mass is 9.98. The van der Waals surface area contributed by atoms with Gasteiger partial charge in [-0.05, 0) is 55.2 Å². The van der Waals surface area contributed by atoms with Gasteiger partial charge in [0.15, 0.2) is 9.84 Å². The summed E-state index contributed by atoms with van der Waals surface area (Å²) in [5.41, 5.74) is 0.995. The number of imide groups is 1. The summed E-state index contributed by atoms with van der Waals surface area (Å²) in [6, 6.07) is 7.37. The molecule has 1 atom stereocenters. The second-order valence-corrected chi connectivity index (χ2v) is 10.3. The van der Waals surface area contributed by atoms with Gasteiger partial charge in [0.2, 0.25) is 5.91 Å². The Labute approximate surface area is 178 Å². The molecular weight excluding hydrogens is 404 g/mol. The van der Waals surface area contributed by atoms with Crippen LogP contribution in [-0.2, 0) is 14.6 Å². The van der Waals surface area contributed by atoms with Crippen LogP contribution in [0.15, 0.2) is 36.4 Å². The third-order valence-electron chi connectivity index (χ3n) is 5.42. The lowest BCUT2D eigenvalue weighted by molar-refractivity contribution is -0.118. The van der Waals surface area contributed by atoms with Crippen molar-refractivity contribution in [3.05, 3.63) is 42.0 Å². The highest BCUT2D eigenvalue weighted by molar-refractivity contribution is 7.91. The van der Waals surface area contributed by atoms with Crippen molar-refractivity contribution in [3.8, 4) is 5.75 Å². The first-order valence-corrected chi connectivity index (χ1v) is 12.4. The monoisotopic (exact) mass is 434 g/mol. The summed E-state index contributed by atoms with van der Waals surface area (Å²) < 4.78 is 31.1. The highest BCUT2D eigenvalue weighted by atomic mass is 32.2. The van der Waals surface area contributed by atoms with Gasteiger partial charge in [0.1, 0.15) is 12.3 Å². The minimum Gasteiger partial charge on any atom is -0.493 e. The average molecular weight is 435 g/mol. The van der Waals surface area contributed by atoms with Crippen LogP contribution in [0, 0.1) is 5.92 Å². The van der Waals surface area contributed by atoms with Gasteiger partial charge in [0.25, 0.3) is 0 Å². The van der Waals surface area contributed by atoms with Crippen molar-refractivity contribution < 1.29 is 22.7 Å². The largest absolute Gasteiger partial charge is 0.493 e. The summed E-state index contributed by atoms with van der Waals surface area (Å²) in [4.78, 5) is 24.0. The molecule has 0 bridgehead atoms. The number of sulfone groups is 1. The molecule has 164 valence electrons. The standard InChI is InChI=1S/C22H30N2O5S/c1-2-18(19-7-6-8-20(13-19)29-15-17-9-10-17)16-30(27,28)12-5-3-4-11-24-14-21(25)23-22(24)26/h3-4,6-8,13,17-18H,2,5,9-12,14-16H2,1H3,(H,23,25,26)/b4-3+/t18-/m0/s1. The Morgan fingerprint density at radius 3 is 2.73 bits per heavy atom. The van der Waals surface area contributed by atoms with E-state index >= 15 is 0 Å². The van der Waals surface area contributed by atoms with Crippen LogP contribution in [0.4, 0.5) is 4.79 Å². The molecule has 7 nitrogen and oxygen atoms in total. The number of nitrogens with one attached hydrogen (secondary N) is 1. The highest BCUT2D eigenvalue weighted by Gasteiger charge is 2.25. The van der Waals surface area contributed by atoms with E-state index in [1.165, 1.54) is 17.7 Å². The molecule has 1 aromatic carbocycles. The van der Waals surface area contributed by atoms with Crippen LogP contribution in [0.25, 0.3) is 0 Å². The minimum atomic E-state index is -3.23. The molecule has 8 heteroatoms. The third-order valence-corrected chi connectivity index (χ3v) is 7.18. The number of ether oxygens (including phenoxy) is 1. The number of urea groups is 1. The molecule has 30 heavy (non-hydrogen) atoms. The summed E-state index contributed by atoms with van der Waals surface area (Å²) in [6.45, 7) is 3.07. The number of benzene rings is 1. The van der Waals surface area contributed by atoms with Gasteiger partial charge in [-0.2, -0.15) is 0 Å². The first kappa shape index (κ1) is 22.3. The Morgan fingerprint density at radius 1 is 1.27 bits per heavy atom. The molecule has 1 N–H and O–H groups in total. The van der Waals surface area contributed by atoms with E-state index in [2.05, 4.69) is 5.32 Å². The zero-order valence-corrected chi connectivity index (χ0v) is 18.2. The fourth-order valence-corrected chi connectivity index (χ4v) is 5.10. The van der Waals surface area contributed by atoms with E-state index in [1.54, 1.807) is 12.2 Å². The summed E-state index contributed by atoms with van der Waals surface area (Å²) in [7, 11) is -3.23. The number of carbonyl (C=O) groups is 2. The summed E-state index contributed by atoms with van der Waals surface area (Å²) >= 11 is 0. The molecule has 0 spiro atoms. The fraction of sp³-hybridized carbons (Fsp3) is 0.545. The maximum atomic E-state index is 12.6. The Kier molecular flexibility index (Phi) is 7.53. The lowest BCUT2D eigenvalue weighted by Crippen LogP contribution is -2.28. The number of rotatable bonds is 12. The number of nitrogens with zero attached hydrogens (tertiary/aromatic N) is 1. The molecule has 2 fully saturated rings. The molecule has 3 rings (SSSR count). The van der Waals surface area contributed by atoms with Gasteiger partial charge in [-0.25, -0.2) is 13.2 Å². The Hall–Kier alpha value is -2.35. The number of allylic oxidation sites excluding steroid dienone is 1. The van der Waals surface area contributed by atoms with Gasteiger partial charge in [-0.3, -0.25) is 10.1 Å². The van der Waals surface area contributed by atoms with Gasteiger partial charge in [0, 0.05) is 6.54 Å². The van der Waals surface area contributed by atoms with Crippen LogP contribution in [0.1, 0.15) is 44.1 Å². The molecule has 1 aliphatic carbocycles. The number of carbonyl (C=O) groups excluding carboxylic acids is 2. The normalized spacial score (nSPS) is 18.1. The van der Waals surface area contributed by atoms with E-state index in [0.717, 1.165) is 24.3 Å². The third kappa shape index (κ3) is 6.86. The van der Waals surface area contributed by atoms with Gasteiger partial charge >= 0.3 is 6.03 Å². The molecule has 0 unspecified atom stereocenters. The van der Waals surface area contributed by atoms with Gasteiger partial charge in [-0.15, -0.1) is 0 Å². The molecule has 2 aliphatic rings. The molecule has 1 aromatic rings. The molecule has 1 heterocycles. The smallest absolute Gasteiger partial charge is 0.324 e. The van der Waals surface area contributed by atoms with E-state index in [9.17, 15) is 18.0 Å². The highest BCUT2D eigenvalue weighted by Crippen LogP contribution is 2.31. The SMILES string of the molecule is CC[C@@H](CS(=O)(=O)CC/C=C/CN1CC(=O)NC1=O)c1cccc(OCC2CC2)c1. The van der Waals surface area contributed by atoms with E-state index in [-0.39, 0.29) is 29.9 Å². The van der Waals surface area contributed by atoms with Crippen LogP contribution in [0.5, 0.6) is 5.75 Å². The van der Waals surface area contributed by atoms with Crippen molar-refractivity contribution >= 4 is 21.8 Å². The molecule has 1 aliphatic heterocycles. The van der Waals surface area contributed by atoms with Crippen molar-refractivity contribution in [2.45, 2.75) is 38.5 Å². The summed E-state index contributed by atoms with van der Waals surface area (Å²) in [5, 5.41) is 2.21. The molecule has 3 amide bonds. The second-order valence-electron chi connectivity index (χ2n) is 8.04. The summed E-state index contributed by atoms with van der Waals surface area (Å²) in [5.74, 6) is 1.26. The number of hydrogen-bond acceptors (Lipinski definition) is 5. The first-order valence-electron chi connectivity index (χ1n) is 10.5. The van der Waals surface area contributed by atoms with Crippen molar-refractivity contribution in [2.75, 3.05) is 31.2 Å². The van der Waals surface area contributed by atoms with Crippen molar-refractivity contribution in [1.29, 1.82) is 0 Å². The Balaban J connectivity index is 1.47. The van der Waals surface area contributed by atoms with Crippen molar-refractivity contribution in [1.82, 2.24) is 10.2 Å². The molecule has 1 saturated carbocycles. The lowest BCUT2D eigenvalue weighted by Gasteiger charge is -2.17. The fourth-order valence-electron chi connectivity index (χ4n) is 3.39. The quantitative estimate of drug-likeness (QED) is 0.403. The zero-order valence-electron chi connectivity index (χ0n) is 17.4. The average Bonchev–Trinajstić information content (AvgIpc) is 3.48. The van der Waals surface area contributed by atoms with Gasteiger partial charge in [-0.1, -0.05) is 31.2 Å². The molecule has 1 saturated heterocycles. The predicted octanol–water partition coefficient (Wildman–Crippen LogP) is 2.88. The summed E-state index contributed by atoms with van der Waals surface area (Å²) in [6.07, 6.45) is 7.05. The Morgan fingerprint density at radius 2 is 2.07 bits per heavy atom. The molecule has 0 aromatic heterocycles. The molecule has 0 radical (unpaired) electrons. The minimum absolute atomic E-state index is 0.0447. The van der Waals surface area contributed by atoms with Crippen LogP contribution < -0.4 is 10.1 Å². The first-order chi connectivity index (χ1) is 14.4. The second kappa shape index (κ2) is 10.1. The van der Waals surface area contributed by atoms with Crippen molar-refractivity contribution in [3.63, 3.8) is 0 Å². The Bertz CT molecular complexity index is 893. The van der Waals surface area contributed by atoms with Crippen LogP contribution in [0.3, 0.4) is 0 Å². The maximum absolute atomic E-state index is 12.6. The van der Waals surface area contributed by atoms with E-state index in [4.69, 9.17) is 4.74 Å². The van der Waals surface area contributed by atoms with Crippen LogP contribution >= 0.6 is 0 Å². The number of hydrogen-bond donors (Lipinski definition) is 1. The topological polar surface area (TPSA) is 92.8 Å². The van der Waals surface area contributed by atoms with Gasteiger partial charge < -0.3 is 9.64 Å².